The Labute approximate surface area is 112 Å². The van der Waals surface area contributed by atoms with Crippen LogP contribution in [0.3, 0.4) is 0 Å². The molecule has 0 saturated carbocycles. The molecule has 1 aromatic heterocycles. The van der Waals surface area contributed by atoms with Gasteiger partial charge in [-0.1, -0.05) is 0 Å². The minimum atomic E-state index is 0.200. The smallest absolute Gasteiger partial charge is 0.219 e. The van der Waals surface area contributed by atoms with Crippen molar-refractivity contribution >= 4 is 17.2 Å². The molecular weight excluding hydrogens is 246 g/mol. The predicted molar refractivity (Wildman–Crippen MR) is 73.8 cm³/mol. The van der Waals surface area contributed by atoms with Gasteiger partial charge < -0.3 is 10.2 Å². The van der Waals surface area contributed by atoms with Crippen molar-refractivity contribution in [1.82, 2.24) is 15.2 Å². The molecule has 18 heavy (non-hydrogen) atoms. The van der Waals surface area contributed by atoms with E-state index in [2.05, 4.69) is 15.7 Å². The van der Waals surface area contributed by atoms with Crippen LogP contribution in [0.25, 0.3) is 0 Å². The van der Waals surface area contributed by atoms with Gasteiger partial charge in [-0.2, -0.15) is 0 Å². The number of hydrogen-bond acceptors (Lipinski definition) is 4. The van der Waals surface area contributed by atoms with Crippen LogP contribution in [0.5, 0.6) is 0 Å². The average molecular weight is 267 g/mol. The lowest BCUT2D eigenvalue weighted by molar-refractivity contribution is -0.129. The number of likely N-dealkylation sites (tertiary alicyclic amines) is 1. The largest absolute Gasteiger partial charge is 0.343 e. The standard InChI is InChI=1S/C13H21N3OS/c1-10-15-13(9-18-10)3-6-14-12-4-7-16(8-5-12)11(2)17/h9,12,14H,3-8H2,1-2H3. The van der Waals surface area contributed by atoms with Gasteiger partial charge in [0.15, 0.2) is 0 Å². The number of amides is 1. The second kappa shape index (κ2) is 6.29. The molecule has 1 N–H and O–H groups in total. The molecular formula is C13H21N3OS. The van der Waals surface area contributed by atoms with Crippen LogP contribution < -0.4 is 5.32 Å². The van der Waals surface area contributed by atoms with Crippen molar-refractivity contribution in [2.75, 3.05) is 19.6 Å². The summed E-state index contributed by atoms with van der Waals surface area (Å²) in [6, 6.07) is 0.556. The summed E-state index contributed by atoms with van der Waals surface area (Å²) in [5, 5.41) is 6.84. The second-order valence-electron chi connectivity index (χ2n) is 4.84. The van der Waals surface area contributed by atoms with Gasteiger partial charge in [0.25, 0.3) is 0 Å². The molecule has 0 radical (unpaired) electrons. The summed E-state index contributed by atoms with van der Waals surface area (Å²) in [4.78, 5) is 17.6. The Morgan fingerprint density at radius 1 is 1.56 bits per heavy atom. The molecule has 100 valence electrons. The van der Waals surface area contributed by atoms with Crippen molar-refractivity contribution in [2.45, 2.75) is 39.2 Å². The minimum Gasteiger partial charge on any atom is -0.343 e. The monoisotopic (exact) mass is 267 g/mol. The number of aromatic nitrogens is 1. The highest BCUT2D eigenvalue weighted by atomic mass is 32.1. The lowest BCUT2D eigenvalue weighted by Crippen LogP contribution is -2.44. The topological polar surface area (TPSA) is 45.2 Å². The van der Waals surface area contributed by atoms with E-state index in [1.165, 1.54) is 5.69 Å². The number of nitrogens with one attached hydrogen (secondary N) is 1. The fourth-order valence-electron chi connectivity index (χ4n) is 2.33. The van der Waals surface area contributed by atoms with Crippen molar-refractivity contribution in [1.29, 1.82) is 0 Å². The minimum absolute atomic E-state index is 0.200. The van der Waals surface area contributed by atoms with Crippen molar-refractivity contribution in [3.8, 4) is 0 Å². The lowest BCUT2D eigenvalue weighted by Gasteiger charge is -2.31. The average Bonchev–Trinajstić information content (AvgIpc) is 2.76. The summed E-state index contributed by atoms with van der Waals surface area (Å²) in [6.07, 6.45) is 3.13. The summed E-state index contributed by atoms with van der Waals surface area (Å²) >= 11 is 1.71. The molecule has 0 spiro atoms. The third-order valence-electron chi connectivity index (χ3n) is 3.42. The van der Waals surface area contributed by atoms with Crippen molar-refractivity contribution < 1.29 is 4.79 Å². The summed E-state index contributed by atoms with van der Waals surface area (Å²) in [7, 11) is 0. The fraction of sp³-hybridized carbons (Fsp3) is 0.692. The van der Waals surface area contributed by atoms with Crippen LogP contribution >= 0.6 is 11.3 Å². The second-order valence-corrected chi connectivity index (χ2v) is 5.90. The highest BCUT2D eigenvalue weighted by Crippen LogP contribution is 2.11. The van der Waals surface area contributed by atoms with Gasteiger partial charge in [-0.05, 0) is 19.8 Å². The number of hydrogen-bond donors (Lipinski definition) is 1. The van der Waals surface area contributed by atoms with E-state index in [0.717, 1.165) is 43.9 Å². The Bertz CT molecular complexity index is 397. The first kappa shape index (κ1) is 13.5. The van der Waals surface area contributed by atoms with Crippen LogP contribution in [-0.2, 0) is 11.2 Å². The quantitative estimate of drug-likeness (QED) is 0.901. The van der Waals surface area contributed by atoms with Crippen LogP contribution in [0.4, 0.5) is 0 Å². The molecule has 1 aliphatic heterocycles. The van der Waals surface area contributed by atoms with Crippen molar-refractivity contribution in [2.24, 2.45) is 0 Å². The van der Waals surface area contributed by atoms with Gasteiger partial charge in [-0.3, -0.25) is 4.79 Å². The Kier molecular flexibility index (Phi) is 4.72. The van der Waals surface area contributed by atoms with E-state index in [0.29, 0.717) is 6.04 Å². The molecule has 1 aromatic rings. The maximum atomic E-state index is 11.2. The molecule has 0 atom stereocenters. The van der Waals surface area contributed by atoms with Gasteiger partial charge in [0.05, 0.1) is 10.7 Å². The molecule has 2 rings (SSSR count). The SMILES string of the molecule is CC(=O)N1CCC(NCCc2csc(C)n2)CC1. The molecule has 0 unspecified atom stereocenters. The van der Waals surface area contributed by atoms with E-state index >= 15 is 0 Å². The van der Waals surface area contributed by atoms with Crippen LogP contribution in [-0.4, -0.2) is 41.5 Å². The molecule has 5 heteroatoms. The van der Waals surface area contributed by atoms with E-state index in [1.54, 1.807) is 18.3 Å². The molecule has 2 heterocycles. The van der Waals surface area contributed by atoms with E-state index in [9.17, 15) is 4.79 Å². The number of carbonyl (C=O) groups excluding carboxylic acids is 1. The van der Waals surface area contributed by atoms with Gasteiger partial charge in [0.1, 0.15) is 0 Å². The number of nitrogens with zero attached hydrogens (tertiary/aromatic N) is 2. The Hall–Kier alpha value is -0.940. The van der Waals surface area contributed by atoms with Crippen LogP contribution in [0.15, 0.2) is 5.38 Å². The fourth-order valence-corrected chi connectivity index (χ4v) is 2.97. The highest BCUT2D eigenvalue weighted by molar-refractivity contribution is 7.09. The zero-order valence-corrected chi connectivity index (χ0v) is 11.9. The number of aryl methyl sites for hydroxylation is 1. The maximum Gasteiger partial charge on any atom is 0.219 e. The summed E-state index contributed by atoms with van der Waals surface area (Å²) in [5.41, 5.74) is 1.19. The molecule has 1 amide bonds. The maximum absolute atomic E-state index is 11.2. The number of rotatable bonds is 4. The third-order valence-corrected chi connectivity index (χ3v) is 4.24. The van der Waals surface area contributed by atoms with Crippen LogP contribution in [0.2, 0.25) is 0 Å². The van der Waals surface area contributed by atoms with Crippen molar-refractivity contribution in [3.63, 3.8) is 0 Å². The van der Waals surface area contributed by atoms with Gasteiger partial charge in [0, 0.05) is 44.4 Å². The molecule has 1 saturated heterocycles. The van der Waals surface area contributed by atoms with E-state index in [4.69, 9.17) is 0 Å². The van der Waals surface area contributed by atoms with Gasteiger partial charge in [-0.15, -0.1) is 11.3 Å². The number of piperidine rings is 1. The molecule has 0 aromatic carbocycles. The molecule has 0 aliphatic carbocycles. The first-order chi connectivity index (χ1) is 8.65. The Morgan fingerprint density at radius 2 is 2.28 bits per heavy atom. The van der Waals surface area contributed by atoms with E-state index in [-0.39, 0.29) is 5.91 Å². The molecule has 4 nitrogen and oxygen atoms in total. The molecule has 0 bridgehead atoms. The van der Waals surface area contributed by atoms with Crippen LogP contribution in [0.1, 0.15) is 30.5 Å². The molecule has 1 aliphatic rings. The third kappa shape index (κ3) is 3.78. The Balaban J connectivity index is 1.65. The van der Waals surface area contributed by atoms with Crippen LogP contribution in [0, 0.1) is 6.92 Å². The summed E-state index contributed by atoms with van der Waals surface area (Å²) in [6.45, 7) is 6.46. The summed E-state index contributed by atoms with van der Waals surface area (Å²) in [5.74, 6) is 0.200. The zero-order valence-electron chi connectivity index (χ0n) is 11.1. The Morgan fingerprint density at radius 3 is 2.83 bits per heavy atom. The van der Waals surface area contributed by atoms with Gasteiger partial charge >= 0.3 is 0 Å². The van der Waals surface area contributed by atoms with Crippen molar-refractivity contribution in [3.05, 3.63) is 16.1 Å². The zero-order chi connectivity index (χ0) is 13.0. The number of thiazole rings is 1. The van der Waals surface area contributed by atoms with Gasteiger partial charge in [0.2, 0.25) is 5.91 Å². The molecule has 1 fully saturated rings. The van der Waals surface area contributed by atoms with E-state index < -0.39 is 0 Å². The lowest BCUT2D eigenvalue weighted by atomic mass is 10.0. The normalized spacial score (nSPS) is 17.1. The first-order valence-corrected chi connectivity index (χ1v) is 7.43. The van der Waals surface area contributed by atoms with Gasteiger partial charge in [-0.25, -0.2) is 4.98 Å². The summed E-state index contributed by atoms with van der Waals surface area (Å²) < 4.78 is 0. The van der Waals surface area contributed by atoms with E-state index in [1.807, 2.05) is 11.8 Å². The predicted octanol–water partition coefficient (Wildman–Crippen LogP) is 1.59. The first-order valence-electron chi connectivity index (χ1n) is 6.55. The number of carbonyl (C=O) groups is 1. The highest BCUT2D eigenvalue weighted by Gasteiger charge is 2.19.